The second-order valence-corrected chi connectivity index (χ2v) is 7.11. The van der Waals surface area contributed by atoms with E-state index >= 15 is 0 Å². The van der Waals surface area contributed by atoms with E-state index in [0.717, 1.165) is 26.4 Å². The maximum Gasteiger partial charge on any atom is 0.322 e. The Balaban J connectivity index is 1.38. The van der Waals surface area contributed by atoms with E-state index in [-0.39, 0.29) is 18.5 Å². The van der Waals surface area contributed by atoms with Gasteiger partial charge in [-0.15, -0.1) is 16.4 Å². The van der Waals surface area contributed by atoms with Gasteiger partial charge in [-0.2, -0.15) is 0 Å². The molecular weight excluding hydrogens is 364 g/mol. The van der Waals surface area contributed by atoms with Crippen molar-refractivity contribution in [2.45, 2.75) is 13.8 Å². The van der Waals surface area contributed by atoms with Crippen LogP contribution in [0.5, 0.6) is 5.75 Å². The second-order valence-electron chi connectivity index (χ2n) is 5.91. The van der Waals surface area contributed by atoms with Gasteiger partial charge >= 0.3 is 6.01 Å². The van der Waals surface area contributed by atoms with E-state index in [1.165, 1.54) is 11.3 Å². The van der Waals surface area contributed by atoms with Crippen molar-refractivity contribution in [1.82, 2.24) is 15.2 Å². The van der Waals surface area contributed by atoms with Gasteiger partial charge < -0.3 is 9.15 Å². The minimum Gasteiger partial charge on any atom is -0.484 e. The number of anilines is 1. The number of hydrogen-bond acceptors (Lipinski definition) is 7. The third-order valence-corrected chi connectivity index (χ3v) is 4.92. The number of aromatic nitrogens is 3. The molecule has 4 aromatic rings. The molecular formula is C19H16N4O3S. The summed E-state index contributed by atoms with van der Waals surface area (Å²) in [7, 11) is 0. The molecule has 0 unspecified atom stereocenters. The van der Waals surface area contributed by atoms with Gasteiger partial charge in [0.05, 0.1) is 10.7 Å². The number of fused-ring (bicyclic) bond motifs is 1. The summed E-state index contributed by atoms with van der Waals surface area (Å²) in [6.07, 6.45) is 0. The van der Waals surface area contributed by atoms with Crippen molar-refractivity contribution in [3.63, 3.8) is 0 Å². The Morgan fingerprint density at radius 2 is 1.96 bits per heavy atom. The van der Waals surface area contributed by atoms with Crippen LogP contribution in [-0.4, -0.2) is 27.7 Å². The van der Waals surface area contributed by atoms with E-state index < -0.39 is 0 Å². The molecule has 0 saturated heterocycles. The summed E-state index contributed by atoms with van der Waals surface area (Å²) < 4.78 is 11.1. The second kappa shape index (κ2) is 7.16. The largest absolute Gasteiger partial charge is 0.484 e. The van der Waals surface area contributed by atoms with Gasteiger partial charge in [-0.25, -0.2) is 4.98 Å². The minimum absolute atomic E-state index is 0.0302. The zero-order chi connectivity index (χ0) is 18.8. The fraction of sp³-hybridized carbons (Fsp3) is 0.158. The summed E-state index contributed by atoms with van der Waals surface area (Å²) in [6, 6.07) is 13.6. The van der Waals surface area contributed by atoms with Gasteiger partial charge in [-0.1, -0.05) is 35.4 Å². The molecule has 0 atom stereocenters. The summed E-state index contributed by atoms with van der Waals surface area (Å²) in [5, 5.41) is 13.4. The van der Waals surface area contributed by atoms with Crippen LogP contribution in [0.4, 0.5) is 6.01 Å². The van der Waals surface area contributed by atoms with Gasteiger partial charge in [0.25, 0.3) is 11.8 Å². The Kier molecular flexibility index (Phi) is 4.55. The molecule has 0 spiro atoms. The standard InChI is InChI=1S/C19H16N4O3S/c1-11-17(27-12(2)20-11)18-22-23-19(26-18)21-16(24)10-25-15-8-7-13-5-3-4-6-14(13)9-15/h3-9H,10H2,1-2H3,(H,21,23,24). The van der Waals surface area contributed by atoms with Crippen molar-refractivity contribution in [2.24, 2.45) is 0 Å². The van der Waals surface area contributed by atoms with Crippen LogP contribution in [0.2, 0.25) is 0 Å². The predicted molar refractivity (Wildman–Crippen MR) is 103 cm³/mol. The molecule has 2 aromatic carbocycles. The predicted octanol–water partition coefficient (Wildman–Crippen LogP) is 3.98. The highest BCUT2D eigenvalue weighted by Gasteiger charge is 2.16. The number of amides is 1. The molecule has 2 aromatic heterocycles. The molecule has 7 nitrogen and oxygen atoms in total. The number of nitrogens with one attached hydrogen (secondary N) is 1. The van der Waals surface area contributed by atoms with E-state index in [0.29, 0.717) is 11.6 Å². The van der Waals surface area contributed by atoms with Crippen LogP contribution in [-0.2, 0) is 4.79 Å². The monoisotopic (exact) mass is 380 g/mol. The van der Waals surface area contributed by atoms with E-state index in [2.05, 4.69) is 20.5 Å². The topological polar surface area (TPSA) is 90.1 Å². The SMILES string of the molecule is Cc1nc(C)c(-c2nnc(NC(=O)COc3ccc4ccccc4c3)o2)s1. The van der Waals surface area contributed by atoms with Gasteiger partial charge in [-0.05, 0) is 36.8 Å². The normalized spacial score (nSPS) is 10.9. The Labute approximate surface area is 159 Å². The van der Waals surface area contributed by atoms with Gasteiger partial charge in [0.2, 0.25) is 0 Å². The number of benzene rings is 2. The molecule has 0 bridgehead atoms. The first-order chi connectivity index (χ1) is 13.1. The number of aryl methyl sites for hydroxylation is 2. The van der Waals surface area contributed by atoms with Crippen molar-refractivity contribution >= 4 is 34.0 Å². The highest BCUT2D eigenvalue weighted by Crippen LogP contribution is 2.29. The first-order valence-corrected chi connectivity index (χ1v) is 9.09. The lowest BCUT2D eigenvalue weighted by Crippen LogP contribution is -2.20. The molecule has 0 radical (unpaired) electrons. The zero-order valence-corrected chi connectivity index (χ0v) is 15.5. The maximum atomic E-state index is 12.1. The summed E-state index contributed by atoms with van der Waals surface area (Å²) >= 11 is 1.46. The molecule has 1 N–H and O–H groups in total. The van der Waals surface area contributed by atoms with E-state index in [1.807, 2.05) is 56.3 Å². The Morgan fingerprint density at radius 1 is 1.15 bits per heavy atom. The van der Waals surface area contributed by atoms with Crippen molar-refractivity contribution in [3.8, 4) is 16.5 Å². The molecule has 0 saturated carbocycles. The Bertz CT molecular complexity index is 1120. The summed E-state index contributed by atoms with van der Waals surface area (Å²) in [6.45, 7) is 3.62. The smallest absolute Gasteiger partial charge is 0.322 e. The molecule has 0 fully saturated rings. The number of thiazole rings is 1. The van der Waals surface area contributed by atoms with Crippen LogP contribution in [0.25, 0.3) is 21.5 Å². The van der Waals surface area contributed by atoms with Crippen LogP contribution in [0.1, 0.15) is 10.7 Å². The summed E-state index contributed by atoms with van der Waals surface area (Å²) in [4.78, 5) is 17.2. The molecule has 0 aliphatic rings. The van der Waals surface area contributed by atoms with E-state index in [4.69, 9.17) is 9.15 Å². The van der Waals surface area contributed by atoms with E-state index in [9.17, 15) is 4.79 Å². The number of carbonyl (C=O) groups excluding carboxylic acids is 1. The number of carbonyl (C=O) groups is 1. The van der Waals surface area contributed by atoms with Gasteiger partial charge in [0.1, 0.15) is 10.6 Å². The van der Waals surface area contributed by atoms with Crippen LogP contribution < -0.4 is 10.1 Å². The molecule has 136 valence electrons. The Morgan fingerprint density at radius 3 is 2.74 bits per heavy atom. The number of rotatable bonds is 5. The average Bonchev–Trinajstić information content (AvgIpc) is 3.25. The van der Waals surface area contributed by atoms with Crippen molar-refractivity contribution in [2.75, 3.05) is 11.9 Å². The highest BCUT2D eigenvalue weighted by molar-refractivity contribution is 7.15. The number of nitrogens with zero attached hydrogens (tertiary/aromatic N) is 3. The molecule has 4 rings (SSSR count). The minimum atomic E-state index is -0.379. The lowest BCUT2D eigenvalue weighted by Gasteiger charge is -2.06. The molecule has 27 heavy (non-hydrogen) atoms. The quantitative estimate of drug-likeness (QED) is 0.563. The maximum absolute atomic E-state index is 12.1. The van der Waals surface area contributed by atoms with Gasteiger partial charge in [0.15, 0.2) is 6.61 Å². The third kappa shape index (κ3) is 3.80. The Hall–Kier alpha value is -3.26. The van der Waals surface area contributed by atoms with Crippen LogP contribution >= 0.6 is 11.3 Å². The first-order valence-electron chi connectivity index (χ1n) is 8.28. The first kappa shape index (κ1) is 17.2. The summed E-state index contributed by atoms with van der Waals surface area (Å²) in [5.74, 6) is 0.574. The van der Waals surface area contributed by atoms with Crippen LogP contribution in [0.3, 0.4) is 0 Å². The van der Waals surface area contributed by atoms with Crippen LogP contribution in [0.15, 0.2) is 46.9 Å². The number of ether oxygens (including phenoxy) is 1. The molecule has 2 heterocycles. The van der Waals surface area contributed by atoms with Crippen LogP contribution in [0, 0.1) is 13.8 Å². The third-order valence-electron chi connectivity index (χ3n) is 3.86. The lowest BCUT2D eigenvalue weighted by molar-refractivity contribution is -0.118. The number of hydrogen-bond donors (Lipinski definition) is 1. The van der Waals surface area contributed by atoms with Crippen molar-refractivity contribution < 1.29 is 13.9 Å². The molecule has 8 heteroatoms. The van der Waals surface area contributed by atoms with Gasteiger partial charge in [0, 0.05) is 0 Å². The van der Waals surface area contributed by atoms with Crippen molar-refractivity contribution in [1.29, 1.82) is 0 Å². The fourth-order valence-electron chi connectivity index (χ4n) is 2.66. The highest BCUT2D eigenvalue weighted by atomic mass is 32.1. The average molecular weight is 380 g/mol. The fourth-order valence-corrected chi connectivity index (χ4v) is 3.50. The summed E-state index contributed by atoms with van der Waals surface area (Å²) in [5.41, 5.74) is 0.818. The van der Waals surface area contributed by atoms with E-state index in [1.54, 1.807) is 0 Å². The molecule has 1 amide bonds. The van der Waals surface area contributed by atoms with Gasteiger partial charge in [-0.3, -0.25) is 10.1 Å². The molecule has 0 aliphatic carbocycles. The zero-order valence-electron chi connectivity index (χ0n) is 14.7. The van der Waals surface area contributed by atoms with Crippen molar-refractivity contribution in [3.05, 3.63) is 53.2 Å². The molecule has 0 aliphatic heterocycles. The lowest BCUT2D eigenvalue weighted by atomic mass is 10.1.